The second kappa shape index (κ2) is 4.94. The fourth-order valence-corrected chi connectivity index (χ4v) is 4.13. The summed E-state index contributed by atoms with van der Waals surface area (Å²) in [5.41, 5.74) is -0.784. The van der Waals surface area contributed by atoms with Crippen LogP contribution in [-0.4, -0.2) is 41.0 Å². The van der Waals surface area contributed by atoms with Crippen LogP contribution in [0.2, 0.25) is 0 Å². The molecule has 122 valence electrons. The molecule has 7 atom stereocenters. The van der Waals surface area contributed by atoms with E-state index in [0.29, 0.717) is 6.42 Å². The standard InChI is InChI=1S/C15H20O7/c1-6(12(17)20-7(2)16)13(18)21-11-8-4-9-10(5-8)15(11,3)22-14(9)19/h6-11,16H,4-5H2,1-3H3. The van der Waals surface area contributed by atoms with Crippen molar-refractivity contribution < 1.29 is 33.7 Å². The van der Waals surface area contributed by atoms with Crippen LogP contribution < -0.4 is 0 Å². The molecule has 0 amide bonds. The Morgan fingerprint density at radius 2 is 2.00 bits per heavy atom. The Balaban J connectivity index is 1.68. The maximum Gasteiger partial charge on any atom is 0.322 e. The molecule has 0 aromatic heterocycles. The molecule has 0 spiro atoms. The van der Waals surface area contributed by atoms with Crippen LogP contribution in [0.5, 0.6) is 0 Å². The average molecular weight is 312 g/mol. The predicted octanol–water partition coefficient (Wildman–Crippen LogP) is 0.387. The molecule has 0 radical (unpaired) electrons. The molecule has 1 aliphatic heterocycles. The first-order valence-corrected chi connectivity index (χ1v) is 7.56. The zero-order valence-electron chi connectivity index (χ0n) is 12.8. The Labute approximate surface area is 127 Å². The van der Waals surface area contributed by atoms with E-state index in [-0.39, 0.29) is 23.7 Å². The summed E-state index contributed by atoms with van der Waals surface area (Å²) in [7, 11) is 0. The van der Waals surface area contributed by atoms with Gasteiger partial charge in [-0.25, -0.2) is 0 Å². The lowest BCUT2D eigenvalue weighted by Gasteiger charge is -2.34. The minimum Gasteiger partial charge on any atom is -0.457 e. The summed E-state index contributed by atoms with van der Waals surface area (Å²) in [6.07, 6.45) is -0.324. The molecule has 0 aromatic rings. The van der Waals surface area contributed by atoms with Crippen LogP contribution in [-0.2, 0) is 28.6 Å². The Morgan fingerprint density at radius 3 is 2.64 bits per heavy atom. The number of carbonyl (C=O) groups is 3. The summed E-state index contributed by atoms with van der Waals surface area (Å²) in [4.78, 5) is 35.6. The van der Waals surface area contributed by atoms with Crippen molar-refractivity contribution in [2.24, 2.45) is 23.7 Å². The predicted molar refractivity (Wildman–Crippen MR) is 71.0 cm³/mol. The first-order chi connectivity index (χ1) is 10.2. The summed E-state index contributed by atoms with van der Waals surface area (Å²) in [5.74, 6) is -2.81. The van der Waals surface area contributed by atoms with Crippen LogP contribution in [0.1, 0.15) is 33.6 Å². The van der Waals surface area contributed by atoms with Crippen LogP contribution in [0.25, 0.3) is 0 Å². The zero-order chi connectivity index (χ0) is 16.2. The van der Waals surface area contributed by atoms with Gasteiger partial charge in [-0.05, 0) is 33.6 Å². The molecule has 3 aliphatic rings. The van der Waals surface area contributed by atoms with Gasteiger partial charge in [-0.1, -0.05) is 0 Å². The largest absolute Gasteiger partial charge is 0.457 e. The molecule has 0 aromatic carbocycles. The lowest BCUT2D eigenvalue weighted by molar-refractivity contribution is -0.186. The maximum absolute atomic E-state index is 12.2. The number of ether oxygens (including phenoxy) is 3. The van der Waals surface area contributed by atoms with Gasteiger partial charge in [-0.3, -0.25) is 14.4 Å². The minimum absolute atomic E-state index is 0.0809. The van der Waals surface area contributed by atoms with Gasteiger partial charge in [0.05, 0.1) is 5.92 Å². The quantitative estimate of drug-likeness (QED) is 0.347. The van der Waals surface area contributed by atoms with Crippen LogP contribution in [0, 0.1) is 23.7 Å². The van der Waals surface area contributed by atoms with Crippen LogP contribution >= 0.6 is 0 Å². The van der Waals surface area contributed by atoms with Crippen molar-refractivity contribution in [1.82, 2.24) is 0 Å². The second-order valence-electron chi connectivity index (χ2n) is 6.66. The zero-order valence-corrected chi connectivity index (χ0v) is 12.8. The van der Waals surface area contributed by atoms with E-state index >= 15 is 0 Å². The van der Waals surface area contributed by atoms with Crippen molar-refractivity contribution in [2.45, 2.75) is 51.6 Å². The van der Waals surface area contributed by atoms with Crippen molar-refractivity contribution >= 4 is 17.9 Å². The van der Waals surface area contributed by atoms with E-state index in [0.717, 1.165) is 6.42 Å². The van der Waals surface area contributed by atoms with E-state index in [1.54, 1.807) is 6.92 Å². The summed E-state index contributed by atoms with van der Waals surface area (Å²) in [6.45, 7) is 4.45. The van der Waals surface area contributed by atoms with Gasteiger partial charge in [0, 0.05) is 11.8 Å². The molecule has 7 heteroatoms. The van der Waals surface area contributed by atoms with E-state index in [9.17, 15) is 14.4 Å². The molecule has 7 nitrogen and oxygen atoms in total. The number of hydrogen-bond donors (Lipinski definition) is 1. The fourth-order valence-electron chi connectivity index (χ4n) is 4.13. The number of rotatable bonds is 4. The molecule has 3 rings (SSSR count). The van der Waals surface area contributed by atoms with Crippen LogP contribution in [0.4, 0.5) is 0 Å². The van der Waals surface area contributed by atoms with Crippen molar-refractivity contribution in [3.8, 4) is 0 Å². The van der Waals surface area contributed by atoms with Gasteiger partial charge in [-0.2, -0.15) is 0 Å². The highest BCUT2D eigenvalue weighted by Gasteiger charge is 2.70. The molecule has 1 saturated heterocycles. The summed E-state index contributed by atoms with van der Waals surface area (Å²) >= 11 is 0. The molecule has 3 fully saturated rings. The number of esters is 3. The van der Waals surface area contributed by atoms with E-state index < -0.39 is 35.9 Å². The van der Waals surface area contributed by atoms with E-state index in [4.69, 9.17) is 14.6 Å². The smallest absolute Gasteiger partial charge is 0.322 e. The number of carbonyl (C=O) groups excluding carboxylic acids is 3. The van der Waals surface area contributed by atoms with Crippen molar-refractivity contribution in [3.63, 3.8) is 0 Å². The van der Waals surface area contributed by atoms with Gasteiger partial charge >= 0.3 is 17.9 Å². The molecule has 1 N–H and O–H groups in total. The van der Waals surface area contributed by atoms with E-state index in [1.807, 2.05) is 0 Å². The summed E-state index contributed by atoms with van der Waals surface area (Å²) in [6, 6.07) is 0. The highest BCUT2D eigenvalue weighted by Crippen LogP contribution is 2.61. The van der Waals surface area contributed by atoms with Crippen molar-refractivity contribution in [3.05, 3.63) is 0 Å². The van der Waals surface area contributed by atoms with Gasteiger partial charge in [0.2, 0.25) is 0 Å². The van der Waals surface area contributed by atoms with Gasteiger partial charge in [0.1, 0.15) is 11.7 Å². The third-order valence-corrected chi connectivity index (χ3v) is 5.19. The Kier molecular flexibility index (Phi) is 3.43. The number of aliphatic hydroxyl groups excluding tert-OH is 1. The molecule has 7 unspecified atom stereocenters. The number of hydrogen-bond acceptors (Lipinski definition) is 7. The molecule has 2 bridgehead atoms. The Hall–Kier alpha value is -1.63. The summed E-state index contributed by atoms with van der Waals surface area (Å²) < 4.78 is 15.6. The lowest BCUT2D eigenvalue weighted by atomic mass is 9.79. The van der Waals surface area contributed by atoms with E-state index in [1.165, 1.54) is 13.8 Å². The lowest BCUT2D eigenvalue weighted by Crippen LogP contribution is -2.47. The molecule has 22 heavy (non-hydrogen) atoms. The SMILES string of the molecule is CC(O)OC(=O)C(C)C(=O)OC1C2CC3C(=O)OC1(C)C3C2. The monoisotopic (exact) mass is 312 g/mol. The molecular formula is C15H20O7. The normalized spacial score (nSPS) is 41.0. The van der Waals surface area contributed by atoms with Gasteiger partial charge < -0.3 is 19.3 Å². The highest BCUT2D eigenvalue weighted by molar-refractivity contribution is 5.94. The van der Waals surface area contributed by atoms with Gasteiger partial charge in [0.25, 0.3) is 0 Å². The summed E-state index contributed by atoms with van der Waals surface area (Å²) in [5, 5.41) is 9.03. The topological polar surface area (TPSA) is 99.1 Å². The molecule has 2 saturated carbocycles. The second-order valence-corrected chi connectivity index (χ2v) is 6.66. The van der Waals surface area contributed by atoms with Gasteiger partial charge in [0.15, 0.2) is 12.2 Å². The van der Waals surface area contributed by atoms with Crippen molar-refractivity contribution in [2.75, 3.05) is 0 Å². The van der Waals surface area contributed by atoms with Crippen molar-refractivity contribution in [1.29, 1.82) is 0 Å². The van der Waals surface area contributed by atoms with Crippen LogP contribution in [0.3, 0.4) is 0 Å². The average Bonchev–Trinajstić information content (AvgIpc) is 3.00. The molecular weight excluding hydrogens is 292 g/mol. The maximum atomic E-state index is 12.2. The third kappa shape index (κ3) is 2.10. The first-order valence-electron chi connectivity index (χ1n) is 7.56. The fraction of sp³-hybridized carbons (Fsp3) is 0.800. The number of aliphatic hydroxyl groups is 1. The minimum atomic E-state index is -1.28. The molecule has 2 aliphatic carbocycles. The third-order valence-electron chi connectivity index (χ3n) is 5.19. The van der Waals surface area contributed by atoms with Crippen LogP contribution in [0.15, 0.2) is 0 Å². The molecule has 1 heterocycles. The Bertz CT molecular complexity index is 528. The van der Waals surface area contributed by atoms with Gasteiger partial charge in [-0.15, -0.1) is 0 Å². The Morgan fingerprint density at radius 1 is 1.32 bits per heavy atom. The van der Waals surface area contributed by atoms with E-state index in [2.05, 4.69) is 4.74 Å². The first kappa shape index (κ1) is 15.3. The highest BCUT2D eigenvalue weighted by atomic mass is 16.6. The number of fused-ring (bicyclic) bond motifs is 1.